The molecule has 0 atom stereocenters. The van der Waals surface area contributed by atoms with E-state index in [4.69, 9.17) is 0 Å². The number of hydrogen-bond donors (Lipinski definition) is 1. The van der Waals surface area contributed by atoms with Crippen LogP contribution in [0.2, 0.25) is 0 Å². The van der Waals surface area contributed by atoms with Gasteiger partial charge in [0.2, 0.25) is 0 Å². The quantitative estimate of drug-likeness (QED) is 0.665. The predicted molar refractivity (Wildman–Crippen MR) is 51.0 cm³/mol. The normalized spacial score (nSPS) is 10.2. The van der Waals surface area contributed by atoms with Crippen LogP contribution in [-0.2, 0) is 0 Å². The van der Waals surface area contributed by atoms with Crippen molar-refractivity contribution in [3.05, 3.63) is 0 Å². The van der Waals surface area contributed by atoms with Crippen LogP contribution in [0.5, 0.6) is 0 Å². The highest BCUT2D eigenvalue weighted by Crippen LogP contribution is 2.02. The number of carbonyl (C=O) groups excluding carboxylic acids is 1. The topological polar surface area (TPSA) is 29.1 Å². The fourth-order valence-corrected chi connectivity index (χ4v) is 1.02. The van der Waals surface area contributed by atoms with Gasteiger partial charge in [-0.1, -0.05) is 25.6 Å². The summed E-state index contributed by atoms with van der Waals surface area (Å²) in [4.78, 5) is 10.7. The van der Waals surface area contributed by atoms with E-state index in [-0.39, 0.29) is 5.24 Å². The Morgan fingerprint density at radius 1 is 1.55 bits per heavy atom. The van der Waals surface area contributed by atoms with Gasteiger partial charge in [-0.25, -0.2) is 0 Å². The highest BCUT2D eigenvalue weighted by atomic mass is 32.2. The molecule has 0 saturated carbocycles. The molecule has 1 amide bonds. The zero-order chi connectivity index (χ0) is 8.69. The highest BCUT2D eigenvalue weighted by Gasteiger charge is 1.96. The summed E-state index contributed by atoms with van der Waals surface area (Å²) < 4.78 is 0. The molecule has 1 N–H and O–H groups in total. The number of nitrogens with one attached hydrogen (secondary N) is 1. The van der Waals surface area contributed by atoms with Gasteiger partial charge in [-0.05, 0) is 25.0 Å². The molecule has 11 heavy (non-hydrogen) atoms. The van der Waals surface area contributed by atoms with Gasteiger partial charge in [0, 0.05) is 6.54 Å². The van der Waals surface area contributed by atoms with Crippen LogP contribution < -0.4 is 5.32 Å². The fourth-order valence-electron chi connectivity index (χ4n) is 0.773. The molecule has 0 heterocycles. The van der Waals surface area contributed by atoms with Crippen molar-refractivity contribution in [3.63, 3.8) is 0 Å². The van der Waals surface area contributed by atoms with Crippen molar-refractivity contribution in [2.45, 2.75) is 26.7 Å². The van der Waals surface area contributed by atoms with Crippen molar-refractivity contribution in [2.75, 3.05) is 12.8 Å². The minimum absolute atomic E-state index is 0.0776. The molecule has 0 unspecified atom stereocenters. The van der Waals surface area contributed by atoms with Crippen molar-refractivity contribution < 1.29 is 4.79 Å². The highest BCUT2D eigenvalue weighted by molar-refractivity contribution is 8.12. The van der Waals surface area contributed by atoms with Gasteiger partial charge in [0.15, 0.2) is 0 Å². The molecule has 0 aliphatic carbocycles. The molecular weight excluding hydrogens is 158 g/mol. The number of rotatable bonds is 4. The van der Waals surface area contributed by atoms with E-state index >= 15 is 0 Å². The molecule has 3 heteroatoms. The Balaban J connectivity index is 3.08. The Morgan fingerprint density at radius 3 is 2.64 bits per heavy atom. The smallest absolute Gasteiger partial charge is 0.278 e. The van der Waals surface area contributed by atoms with Gasteiger partial charge in [0.25, 0.3) is 5.24 Å². The number of amides is 1. The van der Waals surface area contributed by atoms with Crippen molar-refractivity contribution in [2.24, 2.45) is 5.92 Å². The van der Waals surface area contributed by atoms with E-state index in [9.17, 15) is 4.79 Å². The van der Waals surface area contributed by atoms with Crippen molar-refractivity contribution in [1.82, 2.24) is 5.32 Å². The number of hydrogen-bond acceptors (Lipinski definition) is 2. The maximum Gasteiger partial charge on any atom is 0.278 e. The molecule has 0 aliphatic rings. The molecule has 0 fully saturated rings. The van der Waals surface area contributed by atoms with Crippen LogP contribution in [-0.4, -0.2) is 18.0 Å². The summed E-state index contributed by atoms with van der Waals surface area (Å²) in [7, 11) is 0. The zero-order valence-corrected chi connectivity index (χ0v) is 8.33. The van der Waals surface area contributed by atoms with E-state index in [1.54, 1.807) is 6.26 Å². The molecule has 0 aliphatic heterocycles. The first-order valence-electron chi connectivity index (χ1n) is 3.98. The molecule has 0 aromatic carbocycles. The zero-order valence-electron chi connectivity index (χ0n) is 7.52. The fraction of sp³-hybridized carbons (Fsp3) is 0.875. The van der Waals surface area contributed by atoms with Gasteiger partial charge >= 0.3 is 0 Å². The summed E-state index contributed by atoms with van der Waals surface area (Å²) in [5, 5.41) is 2.89. The molecule has 0 spiro atoms. The third-order valence-electron chi connectivity index (χ3n) is 1.41. The van der Waals surface area contributed by atoms with Gasteiger partial charge in [-0.2, -0.15) is 0 Å². The van der Waals surface area contributed by atoms with Gasteiger partial charge < -0.3 is 5.32 Å². The summed E-state index contributed by atoms with van der Waals surface area (Å²) in [5.41, 5.74) is 0. The third kappa shape index (κ3) is 7.72. The standard InChI is InChI=1S/C8H17NOS/c1-7(2)5-4-6-9-8(10)11-3/h7H,4-6H2,1-3H3,(H,9,10). The monoisotopic (exact) mass is 175 g/mol. The summed E-state index contributed by atoms with van der Waals surface area (Å²) >= 11 is 1.23. The van der Waals surface area contributed by atoms with E-state index in [1.807, 2.05) is 0 Å². The average Bonchev–Trinajstić information content (AvgIpc) is 1.97. The van der Waals surface area contributed by atoms with E-state index in [1.165, 1.54) is 18.2 Å². The summed E-state index contributed by atoms with van der Waals surface area (Å²) in [6.45, 7) is 5.20. The molecule has 0 rings (SSSR count). The van der Waals surface area contributed by atoms with Crippen LogP contribution in [0.4, 0.5) is 4.79 Å². The van der Waals surface area contributed by atoms with E-state index in [0.717, 1.165) is 18.9 Å². The van der Waals surface area contributed by atoms with Gasteiger partial charge in [0.1, 0.15) is 0 Å². The second-order valence-corrected chi connectivity index (χ2v) is 3.73. The van der Waals surface area contributed by atoms with Gasteiger partial charge in [-0.3, -0.25) is 4.79 Å². The molecule has 2 nitrogen and oxygen atoms in total. The minimum atomic E-state index is 0.0776. The molecule has 0 radical (unpaired) electrons. The van der Waals surface area contributed by atoms with Crippen LogP contribution >= 0.6 is 11.8 Å². The van der Waals surface area contributed by atoms with Gasteiger partial charge in [-0.15, -0.1) is 0 Å². The second kappa shape index (κ2) is 6.53. The third-order valence-corrected chi connectivity index (χ3v) is 1.93. The molecule has 0 aromatic heterocycles. The Bertz CT molecular complexity index is 115. The van der Waals surface area contributed by atoms with E-state index in [0.29, 0.717) is 0 Å². The SMILES string of the molecule is CSC(=O)NCCCC(C)C. The summed E-state index contributed by atoms with van der Waals surface area (Å²) in [6, 6.07) is 0. The first-order valence-corrected chi connectivity index (χ1v) is 5.21. The minimum Gasteiger partial charge on any atom is -0.347 e. The molecule has 0 bridgehead atoms. The first kappa shape index (κ1) is 10.8. The maximum absolute atomic E-state index is 10.7. The summed E-state index contributed by atoms with van der Waals surface area (Å²) in [6.07, 6.45) is 4.07. The second-order valence-electron chi connectivity index (χ2n) is 2.95. The lowest BCUT2D eigenvalue weighted by Gasteiger charge is -2.04. The lowest BCUT2D eigenvalue weighted by molar-refractivity contribution is 0.260. The lowest BCUT2D eigenvalue weighted by Crippen LogP contribution is -2.19. The van der Waals surface area contributed by atoms with Crippen LogP contribution in [0.3, 0.4) is 0 Å². The van der Waals surface area contributed by atoms with Crippen molar-refractivity contribution in [3.8, 4) is 0 Å². The summed E-state index contributed by atoms with van der Waals surface area (Å²) in [5.74, 6) is 0.737. The largest absolute Gasteiger partial charge is 0.347 e. The van der Waals surface area contributed by atoms with Crippen LogP contribution in [0.1, 0.15) is 26.7 Å². The first-order chi connectivity index (χ1) is 5.16. The Hall–Kier alpha value is -0.180. The Kier molecular flexibility index (Phi) is 6.42. The maximum atomic E-state index is 10.7. The molecule has 66 valence electrons. The number of thioether (sulfide) groups is 1. The van der Waals surface area contributed by atoms with Crippen molar-refractivity contribution in [1.29, 1.82) is 0 Å². The molecule has 0 aromatic rings. The van der Waals surface area contributed by atoms with Crippen LogP contribution in [0, 0.1) is 5.92 Å². The number of carbonyl (C=O) groups is 1. The molecule has 0 saturated heterocycles. The molecular formula is C8H17NOS. The van der Waals surface area contributed by atoms with E-state index < -0.39 is 0 Å². The van der Waals surface area contributed by atoms with Crippen molar-refractivity contribution >= 4 is 17.0 Å². The predicted octanol–water partition coefficient (Wildman–Crippen LogP) is 2.50. The lowest BCUT2D eigenvalue weighted by atomic mass is 10.1. The van der Waals surface area contributed by atoms with Crippen LogP contribution in [0.15, 0.2) is 0 Å². The average molecular weight is 175 g/mol. The van der Waals surface area contributed by atoms with Gasteiger partial charge in [0.05, 0.1) is 0 Å². The Labute approximate surface area is 73.1 Å². The Morgan fingerprint density at radius 2 is 2.18 bits per heavy atom. The van der Waals surface area contributed by atoms with E-state index in [2.05, 4.69) is 19.2 Å². The van der Waals surface area contributed by atoms with Crippen LogP contribution in [0.25, 0.3) is 0 Å².